The van der Waals surface area contributed by atoms with E-state index in [1.165, 1.54) is 22.9 Å². The molecule has 0 saturated carbocycles. The van der Waals surface area contributed by atoms with E-state index >= 15 is 0 Å². The van der Waals surface area contributed by atoms with Gasteiger partial charge >= 0.3 is 0 Å². The van der Waals surface area contributed by atoms with Gasteiger partial charge in [0.1, 0.15) is 12.2 Å². The fourth-order valence-electron chi connectivity index (χ4n) is 4.75. The van der Waals surface area contributed by atoms with Crippen LogP contribution in [0.25, 0.3) is 10.9 Å². The zero-order valence-corrected chi connectivity index (χ0v) is 18.6. The van der Waals surface area contributed by atoms with Crippen LogP contribution in [0.3, 0.4) is 0 Å². The highest BCUT2D eigenvalue weighted by atomic mass is 32.2. The molecular formula is C25H27NO5S. The summed E-state index contributed by atoms with van der Waals surface area (Å²) >= 11 is 1.17. The van der Waals surface area contributed by atoms with Crippen molar-refractivity contribution >= 4 is 22.7 Å². The molecule has 1 fully saturated rings. The first-order valence-electron chi connectivity index (χ1n) is 10.9. The first kappa shape index (κ1) is 21.8. The van der Waals surface area contributed by atoms with E-state index in [4.69, 9.17) is 4.74 Å². The molecule has 6 nitrogen and oxygen atoms in total. The predicted octanol–water partition coefficient (Wildman–Crippen LogP) is 2.26. The Morgan fingerprint density at radius 2 is 1.81 bits per heavy atom. The molecule has 2 aromatic carbocycles. The summed E-state index contributed by atoms with van der Waals surface area (Å²) in [6, 6.07) is 14.6. The molecule has 3 aromatic rings. The summed E-state index contributed by atoms with van der Waals surface area (Å²) in [5.74, 6) is 0. The van der Waals surface area contributed by atoms with E-state index in [-0.39, 0.29) is 13.2 Å². The number of fused-ring (bicyclic) bond motifs is 3. The number of aryl methyl sites for hydroxylation is 1. The van der Waals surface area contributed by atoms with Gasteiger partial charge in [0.2, 0.25) is 0 Å². The van der Waals surface area contributed by atoms with E-state index in [1.54, 1.807) is 0 Å². The summed E-state index contributed by atoms with van der Waals surface area (Å²) in [6.45, 7) is 2.07. The minimum Gasteiger partial charge on any atom is -0.395 e. The number of rotatable bonds is 4. The molecule has 168 valence electrons. The van der Waals surface area contributed by atoms with E-state index in [0.717, 1.165) is 40.4 Å². The van der Waals surface area contributed by atoms with Crippen molar-refractivity contribution < 1.29 is 25.2 Å². The Labute approximate surface area is 190 Å². The van der Waals surface area contributed by atoms with Crippen LogP contribution in [0.2, 0.25) is 0 Å². The standard InChI is InChI=1S/C25H27NO5S/c1-2-14-3-5-15(6-4-14)9-16-7-8-26-20-10-17-13-31-25(19(17)11-18(16)20)24(30)23(29)22(28)21(12-27)32-25/h3-8,10-11,21-24,27-30H,2,9,12-13H2,1H3/t21-,22-,23?,24-,25+/m1/s1. The van der Waals surface area contributed by atoms with Gasteiger partial charge in [0.25, 0.3) is 0 Å². The van der Waals surface area contributed by atoms with Crippen LogP contribution in [0.4, 0.5) is 0 Å². The third-order valence-corrected chi connectivity index (χ3v) is 8.31. The Morgan fingerprint density at radius 3 is 2.53 bits per heavy atom. The third kappa shape index (κ3) is 3.44. The highest BCUT2D eigenvalue weighted by Gasteiger charge is 2.57. The highest BCUT2D eigenvalue weighted by molar-refractivity contribution is 8.00. The number of benzene rings is 2. The smallest absolute Gasteiger partial charge is 0.168 e. The van der Waals surface area contributed by atoms with Crippen LogP contribution in [0.1, 0.15) is 34.7 Å². The molecule has 7 heteroatoms. The van der Waals surface area contributed by atoms with E-state index in [0.29, 0.717) is 0 Å². The first-order valence-corrected chi connectivity index (χ1v) is 11.8. The number of thioether (sulfide) groups is 1. The molecule has 5 atom stereocenters. The van der Waals surface area contributed by atoms with Crippen LogP contribution in [-0.2, 0) is 29.1 Å². The Bertz CT molecular complexity index is 1140. The maximum atomic E-state index is 10.9. The number of hydrogen-bond donors (Lipinski definition) is 4. The van der Waals surface area contributed by atoms with Gasteiger partial charge in [-0.2, -0.15) is 0 Å². The minimum absolute atomic E-state index is 0.265. The van der Waals surface area contributed by atoms with E-state index in [1.807, 2.05) is 24.4 Å². The number of hydrogen-bond acceptors (Lipinski definition) is 7. The van der Waals surface area contributed by atoms with Crippen molar-refractivity contribution in [2.75, 3.05) is 6.61 Å². The fraction of sp³-hybridized carbons (Fsp3) is 0.400. The molecule has 1 spiro atoms. The van der Waals surface area contributed by atoms with Crippen molar-refractivity contribution in [2.24, 2.45) is 0 Å². The molecule has 4 N–H and O–H groups in total. The lowest BCUT2D eigenvalue weighted by molar-refractivity contribution is -0.147. The Kier molecular flexibility index (Phi) is 5.73. The summed E-state index contributed by atoms with van der Waals surface area (Å²) in [5, 5.41) is 41.7. The number of pyridine rings is 1. The largest absolute Gasteiger partial charge is 0.395 e. The van der Waals surface area contributed by atoms with E-state index < -0.39 is 28.5 Å². The molecule has 2 aliphatic rings. The van der Waals surface area contributed by atoms with Crippen molar-refractivity contribution in [1.29, 1.82) is 0 Å². The van der Waals surface area contributed by atoms with Gasteiger partial charge in [0, 0.05) is 17.1 Å². The maximum absolute atomic E-state index is 10.9. The molecule has 1 aromatic heterocycles. The Morgan fingerprint density at radius 1 is 1.06 bits per heavy atom. The van der Waals surface area contributed by atoms with Crippen LogP contribution >= 0.6 is 11.8 Å². The van der Waals surface area contributed by atoms with Gasteiger partial charge in [-0.25, -0.2) is 0 Å². The van der Waals surface area contributed by atoms with E-state index in [2.05, 4.69) is 36.2 Å². The molecule has 5 rings (SSSR count). The van der Waals surface area contributed by atoms with Crippen molar-refractivity contribution in [3.8, 4) is 0 Å². The highest BCUT2D eigenvalue weighted by Crippen LogP contribution is 2.54. The number of aliphatic hydroxyl groups excluding tert-OH is 4. The molecule has 3 heterocycles. The van der Waals surface area contributed by atoms with Gasteiger partial charge in [-0.05, 0) is 53.3 Å². The first-order chi connectivity index (χ1) is 15.5. The minimum atomic E-state index is -1.42. The second-order valence-electron chi connectivity index (χ2n) is 8.56. The third-order valence-electron chi connectivity index (χ3n) is 6.65. The lowest BCUT2D eigenvalue weighted by Crippen LogP contribution is -2.58. The molecule has 0 amide bonds. The lowest BCUT2D eigenvalue weighted by atomic mass is 9.91. The van der Waals surface area contributed by atoms with Crippen molar-refractivity contribution in [2.45, 2.75) is 54.9 Å². The molecule has 0 aliphatic carbocycles. The predicted molar refractivity (Wildman–Crippen MR) is 123 cm³/mol. The number of aromatic nitrogens is 1. The van der Waals surface area contributed by atoms with E-state index in [9.17, 15) is 20.4 Å². The zero-order valence-electron chi connectivity index (χ0n) is 17.8. The van der Waals surface area contributed by atoms with Crippen molar-refractivity contribution in [1.82, 2.24) is 4.98 Å². The molecular weight excluding hydrogens is 426 g/mol. The van der Waals surface area contributed by atoms with Crippen LogP contribution in [0.5, 0.6) is 0 Å². The van der Waals surface area contributed by atoms with Gasteiger partial charge in [0.15, 0.2) is 4.93 Å². The Balaban J connectivity index is 1.58. The fourth-order valence-corrected chi connectivity index (χ4v) is 6.30. The van der Waals surface area contributed by atoms with Gasteiger partial charge in [-0.3, -0.25) is 4.98 Å². The summed E-state index contributed by atoms with van der Waals surface area (Å²) in [4.78, 5) is 3.30. The summed E-state index contributed by atoms with van der Waals surface area (Å²) in [5.41, 5.74) is 6.11. The average Bonchev–Trinajstić information content (AvgIpc) is 3.17. The van der Waals surface area contributed by atoms with Gasteiger partial charge < -0.3 is 25.2 Å². The number of ether oxygens (including phenoxy) is 1. The van der Waals surface area contributed by atoms with Gasteiger partial charge in [-0.1, -0.05) is 31.2 Å². The Hall–Kier alpha value is -2.00. The topological polar surface area (TPSA) is 103 Å². The maximum Gasteiger partial charge on any atom is 0.168 e. The van der Waals surface area contributed by atoms with Crippen LogP contribution in [0.15, 0.2) is 48.7 Å². The quantitative estimate of drug-likeness (QED) is 0.481. The molecule has 1 unspecified atom stereocenters. The average molecular weight is 454 g/mol. The monoisotopic (exact) mass is 453 g/mol. The summed E-state index contributed by atoms with van der Waals surface area (Å²) < 4.78 is 6.07. The van der Waals surface area contributed by atoms with Gasteiger partial charge in [0.05, 0.1) is 30.1 Å². The number of nitrogens with zero attached hydrogens (tertiary/aromatic N) is 1. The van der Waals surface area contributed by atoms with Crippen molar-refractivity contribution in [3.05, 3.63) is 76.5 Å². The molecule has 0 radical (unpaired) electrons. The van der Waals surface area contributed by atoms with Gasteiger partial charge in [-0.15, -0.1) is 11.8 Å². The lowest BCUT2D eigenvalue weighted by Gasteiger charge is -2.45. The molecule has 2 aliphatic heterocycles. The second-order valence-corrected chi connectivity index (χ2v) is 10.0. The number of aliphatic hydroxyl groups is 4. The molecule has 32 heavy (non-hydrogen) atoms. The van der Waals surface area contributed by atoms with Crippen molar-refractivity contribution in [3.63, 3.8) is 0 Å². The normalized spacial score (nSPS) is 29.5. The SMILES string of the molecule is CCc1ccc(Cc2ccnc3cc4c(cc23)[C@]2(OC4)S[C@H](CO)[C@@H](O)C(O)[C@H]2O)cc1. The summed E-state index contributed by atoms with van der Waals surface area (Å²) in [6.07, 6.45) is -0.427. The van der Waals surface area contributed by atoms with Crippen LogP contribution < -0.4 is 0 Å². The van der Waals surface area contributed by atoms with Crippen LogP contribution in [0, 0.1) is 0 Å². The zero-order chi connectivity index (χ0) is 22.5. The molecule has 1 saturated heterocycles. The molecule has 0 bridgehead atoms. The summed E-state index contributed by atoms with van der Waals surface area (Å²) in [7, 11) is 0. The van der Waals surface area contributed by atoms with Crippen LogP contribution in [-0.4, -0.2) is 55.6 Å². The second kappa shape index (κ2) is 8.41.